The van der Waals surface area contributed by atoms with Gasteiger partial charge in [-0.15, -0.1) is 5.10 Å². The third kappa shape index (κ3) is 10.1. The van der Waals surface area contributed by atoms with E-state index in [0.29, 0.717) is 30.1 Å². The number of urea groups is 1. The molecule has 0 unspecified atom stereocenters. The van der Waals surface area contributed by atoms with Crippen molar-refractivity contribution in [3.63, 3.8) is 0 Å². The molecule has 272 valence electrons. The lowest BCUT2D eigenvalue weighted by molar-refractivity contribution is -0.133. The zero-order chi connectivity index (χ0) is 37.6. The van der Waals surface area contributed by atoms with Crippen LogP contribution in [-0.4, -0.2) is 70.6 Å². The van der Waals surface area contributed by atoms with Crippen LogP contribution in [0, 0.1) is 11.3 Å². The zero-order valence-corrected chi connectivity index (χ0v) is 29.6. The fraction of sp³-hybridized carbons (Fsp3) is 0.289. The van der Waals surface area contributed by atoms with Crippen molar-refractivity contribution >= 4 is 35.7 Å². The number of carbonyl (C=O) groups excluding carboxylic acids is 4. The van der Waals surface area contributed by atoms with Crippen LogP contribution in [0.15, 0.2) is 97.3 Å². The number of primary amides is 1. The van der Waals surface area contributed by atoms with E-state index in [1.165, 1.54) is 6.08 Å². The van der Waals surface area contributed by atoms with Crippen molar-refractivity contribution in [3.05, 3.63) is 103 Å². The fourth-order valence-electron chi connectivity index (χ4n) is 5.81. The molecule has 5 amide bonds. The highest BCUT2D eigenvalue weighted by Crippen LogP contribution is 2.40. The maximum absolute atomic E-state index is 13.8. The van der Waals surface area contributed by atoms with Crippen molar-refractivity contribution < 1.29 is 19.2 Å². The normalized spacial score (nSPS) is 13.6. The van der Waals surface area contributed by atoms with Gasteiger partial charge in [0.15, 0.2) is 0 Å². The summed E-state index contributed by atoms with van der Waals surface area (Å²) in [4.78, 5) is 54.3. The van der Waals surface area contributed by atoms with Crippen LogP contribution in [0.2, 0.25) is 0 Å². The number of fused-ring (bicyclic) bond motifs is 5. The number of amides is 5. The summed E-state index contributed by atoms with van der Waals surface area (Å²) in [7, 11) is 2.01. The second kappa shape index (κ2) is 18.6. The monoisotopic (exact) mass is 706 g/mol. The maximum Gasteiger partial charge on any atom is 0.312 e. The average Bonchev–Trinajstić information content (AvgIpc) is 3.52. The molecule has 0 fully saturated rings. The Labute approximate surface area is 303 Å². The van der Waals surface area contributed by atoms with Gasteiger partial charge in [0.25, 0.3) is 0 Å². The predicted octanol–water partition coefficient (Wildman–Crippen LogP) is 3.58. The first-order chi connectivity index (χ1) is 25.0. The number of hydrogen-bond acceptors (Lipinski definition) is 8. The first kappa shape index (κ1) is 38.5. The van der Waals surface area contributed by atoms with Crippen molar-refractivity contribution in [3.8, 4) is 22.5 Å². The van der Waals surface area contributed by atoms with Crippen LogP contribution < -0.4 is 31.9 Å². The summed E-state index contributed by atoms with van der Waals surface area (Å²) in [5.74, 6) is -1.93. The molecule has 0 radical (unpaired) electrons. The first-order valence-corrected chi connectivity index (χ1v) is 17.0. The summed E-state index contributed by atoms with van der Waals surface area (Å²) in [6, 6.07) is 13.1. The second-order valence-electron chi connectivity index (χ2n) is 12.5. The van der Waals surface area contributed by atoms with Crippen molar-refractivity contribution in [2.45, 2.75) is 51.9 Å². The number of aromatic nitrogens is 3. The molecule has 0 aliphatic carbocycles. The summed E-state index contributed by atoms with van der Waals surface area (Å²) in [6.45, 7) is 7.82. The van der Waals surface area contributed by atoms with Gasteiger partial charge in [0.05, 0.1) is 5.69 Å². The Kier molecular flexibility index (Phi) is 13.8. The highest BCUT2D eigenvalue weighted by atomic mass is 16.2. The molecule has 14 nitrogen and oxygen atoms in total. The molecule has 0 saturated heterocycles. The highest BCUT2D eigenvalue weighted by molar-refractivity contribution is 5.94. The van der Waals surface area contributed by atoms with Gasteiger partial charge in [-0.05, 0) is 42.5 Å². The maximum atomic E-state index is 13.8. The molecule has 1 aliphatic heterocycles. The molecular formula is C38H46N10O4. The van der Waals surface area contributed by atoms with E-state index >= 15 is 0 Å². The van der Waals surface area contributed by atoms with Crippen molar-refractivity contribution in [2.24, 2.45) is 11.7 Å². The Morgan fingerprint density at radius 1 is 1.00 bits per heavy atom. The summed E-state index contributed by atoms with van der Waals surface area (Å²) in [6.07, 6.45) is 11.1. The Hall–Kier alpha value is -6.31. The number of anilines is 1. The Bertz CT molecular complexity index is 1880. The Balaban J connectivity index is 1.55. The smallest absolute Gasteiger partial charge is 0.312 e. The molecule has 3 aromatic rings. The van der Waals surface area contributed by atoms with Gasteiger partial charge < -0.3 is 37.3 Å². The Morgan fingerprint density at radius 2 is 1.73 bits per heavy atom. The summed E-state index contributed by atoms with van der Waals surface area (Å²) < 4.78 is 1.55. The number of rotatable bonds is 16. The highest BCUT2D eigenvalue weighted by Gasteiger charge is 2.30. The van der Waals surface area contributed by atoms with E-state index in [1.807, 2.05) is 55.6 Å². The largest absolute Gasteiger partial charge is 0.370 e. The molecule has 14 heteroatoms. The van der Waals surface area contributed by atoms with Crippen molar-refractivity contribution in [1.29, 1.82) is 5.41 Å². The van der Waals surface area contributed by atoms with Crippen LogP contribution in [0.3, 0.4) is 0 Å². The molecule has 2 heterocycles. The van der Waals surface area contributed by atoms with E-state index in [0.717, 1.165) is 28.6 Å². The van der Waals surface area contributed by atoms with Gasteiger partial charge in [0, 0.05) is 48.9 Å². The number of nitrogens with one attached hydrogen (secondary N) is 5. The molecule has 1 aliphatic rings. The number of nitrogens with two attached hydrogens (primary N) is 1. The van der Waals surface area contributed by atoms with Gasteiger partial charge in [0.2, 0.25) is 17.7 Å². The van der Waals surface area contributed by atoms with Crippen LogP contribution >= 0.6 is 0 Å². The SMILES string of the molecule is C=C/C=C/C=C\C(=C/C=N)NC(=O)[C@H](CCCNC(N)=O)NC(=O)[C@@H](NC(=O)Cn1nnc2c1-c1ccccc1N(C)Cc1ccccc1-2)C(C)C. The standard InChI is InChI=1S/C38H46N10O4/c1-5-6-7-8-15-27(20-21-39)42-36(50)30(18-13-22-41-38(40)52)43-37(51)33(25(2)3)44-32(49)24-48-35-29-17-11-12-19-31(29)47(4)23-26-14-9-10-16-28(26)34(35)45-46-48/h5-12,14-17,19-21,25,30,33,39H,1,13,18,22-24H2,2-4H3,(H,42,50)(H,43,51)(H,44,49)(H3,40,41,52)/b7-6+,15-8-,27-20+,39-21?/t30-,33-/m0/s1. The van der Waals surface area contributed by atoms with E-state index in [2.05, 4.69) is 43.1 Å². The molecule has 2 aromatic carbocycles. The lowest BCUT2D eigenvalue weighted by atomic mass is 9.96. The summed E-state index contributed by atoms with van der Waals surface area (Å²) in [5.41, 5.74) is 10.7. The van der Waals surface area contributed by atoms with Gasteiger partial charge in [0.1, 0.15) is 24.3 Å². The van der Waals surface area contributed by atoms with Gasteiger partial charge in [-0.2, -0.15) is 0 Å². The summed E-state index contributed by atoms with van der Waals surface area (Å²) >= 11 is 0. The number of carbonyl (C=O) groups is 4. The number of nitrogens with zero attached hydrogens (tertiary/aromatic N) is 4. The number of benzene rings is 2. The number of allylic oxidation sites excluding steroid dienone is 6. The minimum atomic E-state index is -1.05. The van der Waals surface area contributed by atoms with Crippen molar-refractivity contribution in [1.82, 2.24) is 36.3 Å². The predicted molar refractivity (Wildman–Crippen MR) is 202 cm³/mol. The molecule has 52 heavy (non-hydrogen) atoms. The minimum Gasteiger partial charge on any atom is -0.370 e. The van der Waals surface area contributed by atoms with E-state index < -0.39 is 35.8 Å². The quantitative estimate of drug-likeness (QED) is 0.0743. The molecule has 0 bridgehead atoms. The van der Waals surface area contributed by atoms with E-state index in [1.54, 1.807) is 48.9 Å². The average molecular weight is 707 g/mol. The third-order valence-electron chi connectivity index (χ3n) is 8.31. The van der Waals surface area contributed by atoms with Crippen molar-refractivity contribution in [2.75, 3.05) is 18.5 Å². The van der Waals surface area contributed by atoms with E-state index in [-0.39, 0.29) is 25.4 Å². The zero-order valence-electron chi connectivity index (χ0n) is 29.6. The van der Waals surface area contributed by atoms with Crippen LogP contribution in [0.25, 0.3) is 22.5 Å². The molecule has 0 spiro atoms. The molecule has 0 saturated carbocycles. The lowest BCUT2D eigenvalue weighted by Gasteiger charge is -2.27. The molecule has 4 rings (SSSR count). The van der Waals surface area contributed by atoms with Crippen LogP contribution in [0.4, 0.5) is 10.5 Å². The Morgan fingerprint density at radius 3 is 2.44 bits per heavy atom. The first-order valence-electron chi connectivity index (χ1n) is 17.0. The number of hydrogen-bond donors (Lipinski definition) is 6. The minimum absolute atomic E-state index is 0.148. The van der Waals surface area contributed by atoms with Gasteiger partial charge >= 0.3 is 6.03 Å². The lowest BCUT2D eigenvalue weighted by Crippen LogP contribution is -2.55. The van der Waals surface area contributed by atoms with Gasteiger partial charge in [-0.3, -0.25) is 14.4 Å². The third-order valence-corrected chi connectivity index (χ3v) is 8.31. The molecular weight excluding hydrogens is 660 g/mol. The van der Waals surface area contributed by atoms with Crippen LogP contribution in [0.1, 0.15) is 32.3 Å². The van der Waals surface area contributed by atoms with Gasteiger partial charge in [-0.1, -0.05) is 92.4 Å². The molecule has 7 N–H and O–H groups in total. The van der Waals surface area contributed by atoms with E-state index in [9.17, 15) is 19.2 Å². The summed E-state index contributed by atoms with van der Waals surface area (Å²) in [5, 5.41) is 27.2. The van der Waals surface area contributed by atoms with Crippen LogP contribution in [-0.2, 0) is 27.5 Å². The van der Waals surface area contributed by atoms with Crippen LogP contribution in [0.5, 0.6) is 0 Å². The fourth-order valence-corrected chi connectivity index (χ4v) is 5.81. The number of para-hydroxylation sites is 1. The topological polar surface area (TPSA) is 200 Å². The van der Waals surface area contributed by atoms with E-state index in [4.69, 9.17) is 11.1 Å². The van der Waals surface area contributed by atoms with Gasteiger partial charge in [-0.25, -0.2) is 9.48 Å². The molecule has 1 aromatic heterocycles. The second-order valence-corrected chi connectivity index (χ2v) is 12.5. The molecule has 2 atom stereocenters.